The van der Waals surface area contributed by atoms with Crippen molar-refractivity contribution in [2.75, 3.05) is 0 Å². The minimum absolute atomic E-state index is 0.293. The SMILES string of the molecule is Cc1cc(C)c(-c2ccccc2P(=O)(C(=N)N)c2ccccc2)c(C)c1. The lowest BCUT2D eigenvalue weighted by molar-refractivity contribution is 0.593. The van der Waals surface area contributed by atoms with Crippen molar-refractivity contribution < 1.29 is 4.57 Å². The highest BCUT2D eigenvalue weighted by molar-refractivity contribution is 7.93. The predicted molar refractivity (Wildman–Crippen MR) is 111 cm³/mol. The molecule has 3 aromatic carbocycles. The van der Waals surface area contributed by atoms with Crippen LogP contribution in [0.2, 0.25) is 0 Å². The number of benzene rings is 3. The first-order valence-corrected chi connectivity index (χ1v) is 10.2. The molecule has 3 N–H and O–H groups in total. The predicted octanol–water partition coefficient (Wildman–Crippen LogP) is 4.49. The van der Waals surface area contributed by atoms with E-state index in [0.717, 1.165) is 22.3 Å². The largest absolute Gasteiger partial charge is 0.381 e. The monoisotopic (exact) mass is 362 g/mol. The summed E-state index contributed by atoms with van der Waals surface area (Å²) in [4.78, 5) is 0. The van der Waals surface area contributed by atoms with Gasteiger partial charge >= 0.3 is 0 Å². The molecule has 26 heavy (non-hydrogen) atoms. The fourth-order valence-corrected chi connectivity index (χ4v) is 5.84. The van der Waals surface area contributed by atoms with Gasteiger partial charge in [0.1, 0.15) is 0 Å². The van der Waals surface area contributed by atoms with E-state index in [0.29, 0.717) is 10.6 Å². The van der Waals surface area contributed by atoms with Gasteiger partial charge in [0.05, 0.1) is 0 Å². The Morgan fingerprint density at radius 1 is 0.885 bits per heavy atom. The van der Waals surface area contributed by atoms with Crippen LogP contribution in [0.4, 0.5) is 0 Å². The first-order valence-electron chi connectivity index (χ1n) is 8.53. The average Bonchev–Trinajstić information content (AvgIpc) is 2.61. The Labute approximate surface area is 154 Å². The highest BCUT2D eigenvalue weighted by Gasteiger charge is 2.33. The topological polar surface area (TPSA) is 66.9 Å². The van der Waals surface area contributed by atoms with Crippen LogP contribution in [0, 0.1) is 26.2 Å². The second kappa shape index (κ2) is 6.93. The van der Waals surface area contributed by atoms with Gasteiger partial charge in [0.25, 0.3) is 0 Å². The van der Waals surface area contributed by atoms with E-state index < -0.39 is 7.14 Å². The highest BCUT2D eigenvalue weighted by Crippen LogP contribution is 2.46. The van der Waals surface area contributed by atoms with Crippen molar-refractivity contribution in [2.45, 2.75) is 20.8 Å². The number of nitrogens with two attached hydrogens (primary N) is 1. The first-order chi connectivity index (χ1) is 12.4. The van der Waals surface area contributed by atoms with Gasteiger partial charge in [-0.3, -0.25) is 5.41 Å². The molecule has 3 aromatic rings. The number of hydrogen-bond donors (Lipinski definition) is 2. The van der Waals surface area contributed by atoms with Crippen LogP contribution in [0.25, 0.3) is 11.1 Å². The van der Waals surface area contributed by atoms with Crippen LogP contribution >= 0.6 is 7.14 Å². The molecule has 0 radical (unpaired) electrons. The summed E-state index contributed by atoms with van der Waals surface area (Å²) in [6.07, 6.45) is 0. The summed E-state index contributed by atoms with van der Waals surface area (Å²) in [6.45, 7) is 6.20. The van der Waals surface area contributed by atoms with E-state index in [2.05, 4.69) is 32.9 Å². The van der Waals surface area contributed by atoms with Crippen molar-refractivity contribution in [3.8, 4) is 11.1 Å². The Morgan fingerprint density at radius 2 is 1.42 bits per heavy atom. The van der Waals surface area contributed by atoms with Gasteiger partial charge in [0, 0.05) is 10.6 Å². The molecule has 0 aliphatic rings. The van der Waals surface area contributed by atoms with Crippen LogP contribution in [-0.2, 0) is 4.57 Å². The van der Waals surface area contributed by atoms with Crippen molar-refractivity contribution in [1.82, 2.24) is 0 Å². The molecule has 0 aromatic heterocycles. The van der Waals surface area contributed by atoms with Gasteiger partial charge < -0.3 is 10.3 Å². The van der Waals surface area contributed by atoms with Crippen molar-refractivity contribution in [1.29, 1.82) is 5.41 Å². The molecule has 0 bridgehead atoms. The third kappa shape index (κ3) is 3.00. The maximum absolute atomic E-state index is 14.1. The molecule has 0 spiro atoms. The summed E-state index contributed by atoms with van der Waals surface area (Å²) in [7, 11) is -3.39. The van der Waals surface area contributed by atoms with Crippen LogP contribution in [0.15, 0.2) is 66.7 Å². The molecule has 0 saturated carbocycles. The van der Waals surface area contributed by atoms with Crippen LogP contribution in [0.5, 0.6) is 0 Å². The second-order valence-corrected chi connectivity index (χ2v) is 9.32. The standard InChI is InChI=1S/C22H23N2OP/c1-15-13-16(2)21(17(3)14-15)19-11-7-8-12-20(19)26(25,22(23)24)18-9-5-4-6-10-18/h4-14H,1-3H3,(H3,23,24). The van der Waals surface area contributed by atoms with Crippen molar-refractivity contribution in [3.63, 3.8) is 0 Å². The molecule has 0 amide bonds. The zero-order chi connectivity index (χ0) is 18.9. The Kier molecular flexibility index (Phi) is 4.84. The number of aryl methyl sites for hydroxylation is 3. The summed E-state index contributed by atoms with van der Waals surface area (Å²) in [5.74, 6) is 0. The fourth-order valence-electron chi connectivity index (χ4n) is 3.61. The van der Waals surface area contributed by atoms with Crippen LogP contribution in [0.1, 0.15) is 16.7 Å². The molecule has 0 aliphatic heterocycles. The molecule has 1 unspecified atom stereocenters. The first kappa shape index (κ1) is 18.2. The molecular weight excluding hydrogens is 339 g/mol. The molecule has 0 saturated heterocycles. The smallest absolute Gasteiger partial charge is 0.204 e. The Bertz CT molecular complexity index is 1000. The minimum atomic E-state index is -3.39. The number of rotatable bonds is 4. The van der Waals surface area contributed by atoms with Gasteiger partial charge in [-0.15, -0.1) is 0 Å². The molecule has 4 heteroatoms. The van der Waals surface area contributed by atoms with E-state index >= 15 is 0 Å². The summed E-state index contributed by atoms with van der Waals surface area (Å²) in [5.41, 5.74) is 11.0. The zero-order valence-electron chi connectivity index (χ0n) is 15.3. The fraction of sp³-hybridized carbons (Fsp3) is 0.136. The molecule has 0 heterocycles. The van der Waals surface area contributed by atoms with E-state index in [9.17, 15) is 4.57 Å². The van der Waals surface area contributed by atoms with E-state index in [-0.39, 0.29) is 5.58 Å². The summed E-state index contributed by atoms with van der Waals surface area (Å²) in [6, 6.07) is 21.0. The maximum atomic E-state index is 14.1. The number of nitrogens with one attached hydrogen (secondary N) is 1. The van der Waals surface area contributed by atoms with E-state index in [4.69, 9.17) is 11.1 Å². The molecular formula is C22H23N2OP. The molecule has 3 nitrogen and oxygen atoms in total. The van der Waals surface area contributed by atoms with Gasteiger partial charge in [-0.25, -0.2) is 0 Å². The number of hydrogen-bond acceptors (Lipinski definition) is 2. The molecule has 1 atom stereocenters. The lowest BCUT2D eigenvalue weighted by Gasteiger charge is -2.22. The zero-order valence-corrected chi connectivity index (χ0v) is 16.2. The molecule has 0 aliphatic carbocycles. The third-order valence-corrected chi connectivity index (χ3v) is 7.42. The Morgan fingerprint density at radius 3 is 2.00 bits per heavy atom. The molecule has 0 fully saturated rings. The van der Waals surface area contributed by atoms with Crippen LogP contribution < -0.4 is 16.3 Å². The molecule has 132 valence electrons. The number of amidine groups is 1. The summed E-state index contributed by atoms with van der Waals surface area (Å²) >= 11 is 0. The Balaban J connectivity index is 2.35. The van der Waals surface area contributed by atoms with Crippen molar-refractivity contribution >= 4 is 23.3 Å². The minimum Gasteiger partial charge on any atom is -0.381 e. The molecule has 3 rings (SSSR count). The van der Waals surface area contributed by atoms with Crippen molar-refractivity contribution in [3.05, 3.63) is 83.4 Å². The maximum Gasteiger partial charge on any atom is 0.204 e. The van der Waals surface area contributed by atoms with E-state index in [1.54, 1.807) is 12.1 Å². The lowest BCUT2D eigenvalue weighted by Crippen LogP contribution is -2.28. The van der Waals surface area contributed by atoms with Crippen LogP contribution in [0.3, 0.4) is 0 Å². The Hall–Kier alpha value is -2.64. The normalized spacial score (nSPS) is 13.2. The second-order valence-electron chi connectivity index (χ2n) is 6.62. The van der Waals surface area contributed by atoms with Gasteiger partial charge in [-0.2, -0.15) is 0 Å². The summed E-state index contributed by atoms with van der Waals surface area (Å²) < 4.78 is 14.1. The highest BCUT2D eigenvalue weighted by atomic mass is 31.2. The van der Waals surface area contributed by atoms with E-state index in [1.165, 1.54) is 5.56 Å². The third-order valence-electron chi connectivity index (χ3n) is 4.65. The van der Waals surface area contributed by atoms with Gasteiger partial charge in [0.2, 0.25) is 7.14 Å². The van der Waals surface area contributed by atoms with Crippen LogP contribution in [-0.4, -0.2) is 5.58 Å². The van der Waals surface area contributed by atoms with Crippen molar-refractivity contribution in [2.24, 2.45) is 5.73 Å². The van der Waals surface area contributed by atoms with Gasteiger partial charge in [-0.05, 0) is 43.0 Å². The average molecular weight is 362 g/mol. The quantitative estimate of drug-likeness (QED) is 0.408. The van der Waals surface area contributed by atoms with E-state index in [1.807, 2.05) is 42.5 Å². The lowest BCUT2D eigenvalue weighted by atomic mass is 9.94. The van der Waals surface area contributed by atoms with Gasteiger partial charge in [0.15, 0.2) is 5.58 Å². The summed E-state index contributed by atoms with van der Waals surface area (Å²) in [5, 5.41) is 9.34. The van der Waals surface area contributed by atoms with Gasteiger partial charge in [-0.1, -0.05) is 72.3 Å².